The van der Waals surface area contributed by atoms with E-state index >= 15 is 0 Å². The van der Waals surface area contributed by atoms with Crippen LogP contribution in [0, 0.1) is 5.82 Å². The second kappa shape index (κ2) is 6.87. The van der Waals surface area contributed by atoms with Crippen LogP contribution in [0.3, 0.4) is 0 Å². The van der Waals surface area contributed by atoms with E-state index in [1.54, 1.807) is 12.3 Å². The summed E-state index contributed by atoms with van der Waals surface area (Å²) in [6.45, 7) is 2.27. The lowest BCUT2D eigenvalue weighted by Gasteiger charge is -2.29. The summed E-state index contributed by atoms with van der Waals surface area (Å²) >= 11 is 0. The molecule has 1 aliphatic heterocycles. The number of hydrogen-bond acceptors (Lipinski definition) is 5. The third kappa shape index (κ3) is 3.13. The Balaban J connectivity index is 1.53. The van der Waals surface area contributed by atoms with Crippen molar-refractivity contribution in [2.45, 2.75) is 25.2 Å². The van der Waals surface area contributed by atoms with Crippen molar-refractivity contribution in [1.29, 1.82) is 0 Å². The van der Waals surface area contributed by atoms with Crippen molar-refractivity contribution < 1.29 is 13.3 Å². The number of aromatic amines is 1. The van der Waals surface area contributed by atoms with Gasteiger partial charge in [-0.25, -0.2) is 4.39 Å². The monoisotopic (exact) mass is 347 g/mol. The molecule has 1 fully saturated rings. The van der Waals surface area contributed by atoms with E-state index < -0.39 is 5.82 Å². The number of benzene rings is 1. The number of H-pyrrole nitrogens is 1. The van der Waals surface area contributed by atoms with Crippen molar-refractivity contribution in [3.05, 3.63) is 30.0 Å². The van der Waals surface area contributed by atoms with Gasteiger partial charge in [-0.3, -0.25) is 9.49 Å². The Labute approximate surface area is 143 Å². The lowest BCUT2D eigenvalue weighted by molar-refractivity contribution is 0.188. The smallest absolute Gasteiger partial charge is 0.230 e. The molecule has 1 aliphatic rings. The second-order valence-electron chi connectivity index (χ2n) is 6.37. The molecule has 1 aromatic carbocycles. The van der Waals surface area contributed by atoms with E-state index in [4.69, 9.17) is 4.52 Å². The van der Waals surface area contributed by atoms with Crippen LogP contribution in [0.4, 0.5) is 8.78 Å². The normalized spacial score (nSPS) is 16.7. The quantitative estimate of drug-likeness (QED) is 0.767. The molecule has 25 heavy (non-hydrogen) atoms. The minimum atomic E-state index is -0.401. The van der Waals surface area contributed by atoms with Gasteiger partial charge in [0.2, 0.25) is 11.7 Å². The molecule has 0 radical (unpaired) electrons. The number of nitrogens with zero attached hydrogens (tertiary/aromatic N) is 4. The lowest BCUT2D eigenvalue weighted by atomic mass is 9.96. The van der Waals surface area contributed by atoms with E-state index in [1.807, 2.05) is 0 Å². The van der Waals surface area contributed by atoms with Crippen molar-refractivity contribution in [2.24, 2.45) is 0 Å². The fourth-order valence-electron chi connectivity index (χ4n) is 3.41. The van der Waals surface area contributed by atoms with E-state index in [9.17, 15) is 8.78 Å². The highest BCUT2D eigenvalue weighted by Crippen LogP contribution is 2.32. The molecular weight excluding hydrogens is 328 g/mol. The van der Waals surface area contributed by atoms with Gasteiger partial charge in [0.1, 0.15) is 5.82 Å². The molecule has 132 valence electrons. The topological polar surface area (TPSA) is 70.8 Å². The van der Waals surface area contributed by atoms with Gasteiger partial charge < -0.3 is 9.42 Å². The minimum absolute atomic E-state index is 0.162. The van der Waals surface area contributed by atoms with E-state index in [0.717, 1.165) is 38.0 Å². The molecule has 6 nitrogen and oxygen atoms in total. The molecule has 1 saturated heterocycles. The molecule has 3 aromatic rings. The third-order valence-electron chi connectivity index (χ3n) is 4.78. The Bertz CT molecular complexity index is 854. The molecule has 0 unspecified atom stereocenters. The summed E-state index contributed by atoms with van der Waals surface area (Å²) < 4.78 is 32.0. The van der Waals surface area contributed by atoms with E-state index in [2.05, 4.69) is 25.2 Å². The number of fused-ring (bicyclic) bond motifs is 1. The zero-order valence-corrected chi connectivity index (χ0v) is 13.7. The maximum atomic E-state index is 14.3. The molecule has 0 atom stereocenters. The van der Waals surface area contributed by atoms with Crippen LogP contribution in [0.25, 0.3) is 22.3 Å². The Hall–Kier alpha value is -2.35. The van der Waals surface area contributed by atoms with E-state index in [0.29, 0.717) is 23.3 Å². The van der Waals surface area contributed by atoms with Gasteiger partial charge in [0.25, 0.3) is 0 Å². The van der Waals surface area contributed by atoms with Crippen molar-refractivity contribution in [3.63, 3.8) is 0 Å². The first-order valence-corrected chi connectivity index (χ1v) is 8.50. The first kappa shape index (κ1) is 16.1. The summed E-state index contributed by atoms with van der Waals surface area (Å²) in [6, 6.07) is 3.00. The Morgan fingerprint density at radius 2 is 2.12 bits per heavy atom. The standard InChI is InChI=1S/C17H19F2N5O/c18-6-1-7-24-8-4-11(5-9-24)17-21-16(23-25-17)15-12-10-20-22-14(12)3-2-13(15)19/h2-3,10-11H,1,4-9H2,(H,20,22). The van der Waals surface area contributed by atoms with E-state index in [1.165, 1.54) is 6.07 Å². The largest absolute Gasteiger partial charge is 0.339 e. The maximum absolute atomic E-state index is 14.3. The lowest BCUT2D eigenvalue weighted by Crippen LogP contribution is -2.33. The second-order valence-corrected chi connectivity index (χ2v) is 6.37. The summed E-state index contributed by atoms with van der Waals surface area (Å²) in [6.07, 6.45) is 3.90. The first-order valence-electron chi connectivity index (χ1n) is 8.50. The molecule has 0 spiro atoms. The molecule has 3 heterocycles. The number of aromatic nitrogens is 4. The van der Waals surface area contributed by atoms with Gasteiger partial charge in [-0.2, -0.15) is 10.1 Å². The molecule has 8 heteroatoms. The summed E-state index contributed by atoms with van der Waals surface area (Å²) in [5.41, 5.74) is 1.03. The summed E-state index contributed by atoms with van der Waals surface area (Å²) in [4.78, 5) is 6.69. The zero-order chi connectivity index (χ0) is 17.2. The summed E-state index contributed by atoms with van der Waals surface area (Å²) in [5, 5.41) is 11.4. The average molecular weight is 347 g/mol. The molecule has 0 aliphatic carbocycles. The Morgan fingerprint density at radius 3 is 2.92 bits per heavy atom. The van der Waals surface area contributed by atoms with Crippen LogP contribution >= 0.6 is 0 Å². The number of piperidine rings is 1. The molecule has 0 bridgehead atoms. The number of hydrogen-bond donors (Lipinski definition) is 1. The highest BCUT2D eigenvalue weighted by molar-refractivity contribution is 5.92. The maximum Gasteiger partial charge on any atom is 0.230 e. The van der Waals surface area contributed by atoms with Gasteiger partial charge in [0.05, 0.1) is 24.0 Å². The van der Waals surface area contributed by atoms with Crippen molar-refractivity contribution in [2.75, 3.05) is 26.3 Å². The van der Waals surface area contributed by atoms with Crippen molar-refractivity contribution in [1.82, 2.24) is 25.2 Å². The number of rotatable bonds is 5. The van der Waals surface area contributed by atoms with Crippen LogP contribution in [-0.4, -0.2) is 51.5 Å². The molecule has 4 rings (SSSR count). The molecule has 0 amide bonds. The van der Waals surface area contributed by atoms with Gasteiger partial charge in [-0.15, -0.1) is 0 Å². The van der Waals surface area contributed by atoms with Crippen LogP contribution in [0.15, 0.2) is 22.9 Å². The van der Waals surface area contributed by atoms with Crippen LogP contribution in [0.2, 0.25) is 0 Å². The molecular formula is C17H19F2N5O. The van der Waals surface area contributed by atoms with Crippen molar-refractivity contribution >= 4 is 10.9 Å². The number of nitrogens with one attached hydrogen (secondary N) is 1. The average Bonchev–Trinajstić information content (AvgIpc) is 3.30. The molecule has 2 aromatic heterocycles. The van der Waals surface area contributed by atoms with Crippen LogP contribution in [0.5, 0.6) is 0 Å². The third-order valence-corrected chi connectivity index (χ3v) is 4.78. The fraction of sp³-hybridized carbons (Fsp3) is 0.471. The van der Waals surface area contributed by atoms with Gasteiger partial charge in [-0.05, 0) is 44.5 Å². The highest BCUT2D eigenvalue weighted by Gasteiger charge is 2.26. The zero-order valence-electron chi connectivity index (χ0n) is 13.7. The molecule has 0 saturated carbocycles. The van der Waals surface area contributed by atoms with Gasteiger partial charge >= 0.3 is 0 Å². The summed E-state index contributed by atoms with van der Waals surface area (Å²) in [7, 11) is 0. The SMILES string of the molecule is FCCCN1CCC(c2nc(-c3c(F)ccc4[nH]ncc34)no2)CC1. The van der Waals surface area contributed by atoms with Crippen LogP contribution < -0.4 is 0 Å². The van der Waals surface area contributed by atoms with Crippen LogP contribution in [-0.2, 0) is 0 Å². The number of likely N-dealkylation sites (tertiary alicyclic amines) is 1. The Morgan fingerprint density at radius 1 is 1.28 bits per heavy atom. The number of halogens is 2. The predicted molar refractivity (Wildman–Crippen MR) is 88.4 cm³/mol. The first-order chi connectivity index (χ1) is 12.3. The van der Waals surface area contributed by atoms with Crippen molar-refractivity contribution in [3.8, 4) is 11.4 Å². The fourth-order valence-corrected chi connectivity index (χ4v) is 3.41. The number of alkyl halides is 1. The predicted octanol–water partition coefficient (Wildman–Crippen LogP) is 3.29. The Kier molecular flexibility index (Phi) is 4.44. The van der Waals surface area contributed by atoms with E-state index in [-0.39, 0.29) is 18.4 Å². The van der Waals surface area contributed by atoms with Gasteiger partial charge in [-0.1, -0.05) is 5.16 Å². The minimum Gasteiger partial charge on any atom is -0.339 e. The molecule has 1 N–H and O–H groups in total. The highest BCUT2D eigenvalue weighted by atomic mass is 19.1. The van der Waals surface area contributed by atoms with Crippen LogP contribution in [0.1, 0.15) is 31.1 Å². The van der Waals surface area contributed by atoms with Gasteiger partial charge in [0.15, 0.2) is 0 Å². The van der Waals surface area contributed by atoms with Gasteiger partial charge in [0, 0.05) is 17.8 Å². The summed E-state index contributed by atoms with van der Waals surface area (Å²) in [5.74, 6) is 0.552.